The van der Waals surface area contributed by atoms with Gasteiger partial charge in [-0.05, 0) is 56.7 Å². The second kappa shape index (κ2) is 12.5. The minimum Gasteiger partial charge on any atom is -0.354 e. The molecule has 1 atom stereocenters. The molecule has 31 heavy (non-hydrogen) atoms. The number of amides is 2. The number of piperidine rings is 1. The lowest BCUT2D eigenvalue weighted by molar-refractivity contribution is -0.131. The monoisotopic (exact) mass is 469 g/mol. The van der Waals surface area contributed by atoms with Crippen LogP contribution in [0.25, 0.3) is 0 Å². The summed E-state index contributed by atoms with van der Waals surface area (Å²) in [4.78, 5) is 25.6. The van der Waals surface area contributed by atoms with E-state index in [9.17, 15) is 18.0 Å². The number of nitrogens with one attached hydrogen (secondary N) is 2. The molecule has 0 saturated carbocycles. The van der Waals surface area contributed by atoms with E-state index in [4.69, 9.17) is 0 Å². The average Bonchev–Trinajstić information content (AvgIpc) is 2.77. The molecule has 1 aromatic rings. The zero-order valence-corrected chi connectivity index (χ0v) is 20.4. The number of nitrogens with zero attached hydrogens (tertiary/aromatic N) is 1. The second-order valence-corrected chi connectivity index (χ2v) is 10.9. The van der Waals surface area contributed by atoms with Gasteiger partial charge in [0, 0.05) is 25.6 Å². The molecule has 0 aromatic heterocycles. The number of carbonyl (C=O) groups is 2. The zero-order valence-electron chi connectivity index (χ0n) is 18.7. The first-order chi connectivity index (χ1) is 14.8. The fourth-order valence-corrected chi connectivity index (χ4v) is 5.46. The highest BCUT2D eigenvalue weighted by atomic mass is 32.2. The van der Waals surface area contributed by atoms with Gasteiger partial charge < -0.3 is 10.6 Å². The lowest BCUT2D eigenvalue weighted by Gasteiger charge is -2.31. The number of benzene rings is 1. The minimum atomic E-state index is -3.55. The Morgan fingerprint density at radius 3 is 2.42 bits per heavy atom. The number of aryl methyl sites for hydroxylation is 1. The van der Waals surface area contributed by atoms with Gasteiger partial charge in [-0.25, -0.2) is 8.42 Å². The standard InChI is InChI=1S/C22H35N3O4S2/c1-4-5-13-23-22(27)20(12-16-30-3)24-21(26)18-10-14-25(15-11-18)31(28,29)19-8-6-17(2)7-9-19/h6-9,18,20H,4-5,10-16H2,1-3H3,(H,23,27)(H,24,26)/t20-/m0/s1. The summed E-state index contributed by atoms with van der Waals surface area (Å²) in [5.74, 6) is 0.184. The maximum Gasteiger partial charge on any atom is 0.243 e. The van der Waals surface area contributed by atoms with Crippen LogP contribution in [0.15, 0.2) is 29.2 Å². The first kappa shape index (κ1) is 25.7. The molecule has 174 valence electrons. The van der Waals surface area contributed by atoms with Gasteiger partial charge >= 0.3 is 0 Å². The molecule has 2 amide bonds. The van der Waals surface area contributed by atoms with Crippen molar-refractivity contribution in [1.82, 2.24) is 14.9 Å². The van der Waals surface area contributed by atoms with Gasteiger partial charge in [-0.1, -0.05) is 31.0 Å². The van der Waals surface area contributed by atoms with Crippen LogP contribution in [-0.4, -0.2) is 62.2 Å². The SMILES string of the molecule is CCCCNC(=O)[C@H](CCSC)NC(=O)C1CCN(S(=O)(=O)c2ccc(C)cc2)CC1. The molecule has 9 heteroatoms. The third-order valence-corrected chi connectivity index (χ3v) is 8.11. The molecule has 1 aromatic carbocycles. The van der Waals surface area contributed by atoms with E-state index >= 15 is 0 Å². The number of carbonyl (C=O) groups excluding carboxylic acids is 2. The first-order valence-electron chi connectivity index (χ1n) is 10.9. The van der Waals surface area contributed by atoms with Gasteiger partial charge in [0.1, 0.15) is 6.04 Å². The van der Waals surface area contributed by atoms with Crippen LogP contribution >= 0.6 is 11.8 Å². The summed E-state index contributed by atoms with van der Waals surface area (Å²) in [5.41, 5.74) is 1.00. The van der Waals surface area contributed by atoms with E-state index in [1.54, 1.807) is 36.0 Å². The Kier molecular flexibility index (Phi) is 10.3. The number of unbranched alkanes of at least 4 members (excludes halogenated alkanes) is 1. The molecule has 7 nitrogen and oxygen atoms in total. The van der Waals surface area contributed by atoms with Crippen LogP contribution in [0.2, 0.25) is 0 Å². The Bertz CT molecular complexity index is 820. The average molecular weight is 470 g/mol. The van der Waals surface area contributed by atoms with Gasteiger partial charge in [-0.3, -0.25) is 9.59 Å². The van der Waals surface area contributed by atoms with Crippen LogP contribution in [0.1, 0.15) is 44.6 Å². The van der Waals surface area contributed by atoms with E-state index in [-0.39, 0.29) is 22.6 Å². The molecule has 2 N–H and O–H groups in total. The number of rotatable bonds is 11. The smallest absolute Gasteiger partial charge is 0.243 e. The molecule has 0 aliphatic carbocycles. The first-order valence-corrected chi connectivity index (χ1v) is 13.8. The predicted octanol–water partition coefficient (Wildman–Crippen LogP) is 2.55. The summed E-state index contributed by atoms with van der Waals surface area (Å²) in [6.07, 6.45) is 5.34. The topological polar surface area (TPSA) is 95.6 Å². The highest BCUT2D eigenvalue weighted by molar-refractivity contribution is 7.98. The van der Waals surface area contributed by atoms with Gasteiger partial charge in [0.05, 0.1) is 4.90 Å². The molecule has 2 rings (SSSR count). The van der Waals surface area contributed by atoms with E-state index in [2.05, 4.69) is 17.6 Å². The maximum atomic E-state index is 12.9. The van der Waals surface area contributed by atoms with Crippen molar-refractivity contribution in [2.75, 3.05) is 31.6 Å². The van der Waals surface area contributed by atoms with E-state index in [0.717, 1.165) is 24.2 Å². The van der Waals surface area contributed by atoms with Crippen molar-refractivity contribution in [3.8, 4) is 0 Å². The number of sulfonamides is 1. The molecule has 0 radical (unpaired) electrons. The Morgan fingerprint density at radius 2 is 1.84 bits per heavy atom. The van der Waals surface area contributed by atoms with Crippen molar-refractivity contribution < 1.29 is 18.0 Å². The summed E-state index contributed by atoms with van der Waals surface area (Å²) in [5, 5.41) is 5.81. The Morgan fingerprint density at radius 1 is 1.19 bits per heavy atom. The highest BCUT2D eigenvalue weighted by Crippen LogP contribution is 2.24. The Balaban J connectivity index is 1.93. The van der Waals surface area contributed by atoms with Crippen LogP contribution in [-0.2, 0) is 19.6 Å². The van der Waals surface area contributed by atoms with Crippen molar-refractivity contribution in [1.29, 1.82) is 0 Å². The van der Waals surface area contributed by atoms with E-state index in [0.29, 0.717) is 38.9 Å². The van der Waals surface area contributed by atoms with Gasteiger partial charge in [-0.15, -0.1) is 0 Å². The third-order valence-electron chi connectivity index (χ3n) is 5.56. The van der Waals surface area contributed by atoms with Crippen LogP contribution in [0.5, 0.6) is 0 Å². The highest BCUT2D eigenvalue weighted by Gasteiger charge is 2.33. The molecular weight excluding hydrogens is 434 g/mol. The number of thioether (sulfide) groups is 1. The largest absolute Gasteiger partial charge is 0.354 e. The molecule has 0 spiro atoms. The summed E-state index contributed by atoms with van der Waals surface area (Å²) >= 11 is 1.64. The summed E-state index contributed by atoms with van der Waals surface area (Å²) in [6, 6.07) is 6.26. The van der Waals surface area contributed by atoms with Crippen molar-refractivity contribution in [2.45, 2.75) is 56.9 Å². The van der Waals surface area contributed by atoms with Crippen LogP contribution in [0.4, 0.5) is 0 Å². The molecule has 0 unspecified atom stereocenters. The zero-order chi connectivity index (χ0) is 22.9. The molecule has 1 heterocycles. The second-order valence-electron chi connectivity index (χ2n) is 7.98. The molecule has 0 bridgehead atoms. The van der Waals surface area contributed by atoms with Crippen LogP contribution in [0, 0.1) is 12.8 Å². The van der Waals surface area contributed by atoms with Crippen molar-refractivity contribution in [3.63, 3.8) is 0 Å². The normalized spacial score (nSPS) is 16.6. The predicted molar refractivity (Wildman–Crippen MR) is 126 cm³/mol. The van der Waals surface area contributed by atoms with Crippen molar-refractivity contribution in [2.24, 2.45) is 5.92 Å². The lowest BCUT2D eigenvalue weighted by atomic mass is 9.96. The Hall–Kier alpha value is -1.58. The third kappa shape index (κ3) is 7.50. The van der Waals surface area contributed by atoms with Crippen molar-refractivity contribution >= 4 is 33.6 Å². The quantitative estimate of drug-likeness (QED) is 0.486. The van der Waals surface area contributed by atoms with E-state index in [1.165, 1.54) is 4.31 Å². The number of hydrogen-bond donors (Lipinski definition) is 2. The molecular formula is C22H35N3O4S2. The fraction of sp³-hybridized carbons (Fsp3) is 0.636. The van der Waals surface area contributed by atoms with Crippen LogP contribution < -0.4 is 10.6 Å². The molecule has 1 saturated heterocycles. The lowest BCUT2D eigenvalue weighted by Crippen LogP contribution is -2.50. The van der Waals surface area contributed by atoms with Gasteiger partial charge in [0.25, 0.3) is 0 Å². The summed E-state index contributed by atoms with van der Waals surface area (Å²) in [7, 11) is -3.55. The molecule has 1 aliphatic rings. The van der Waals surface area contributed by atoms with Crippen LogP contribution in [0.3, 0.4) is 0 Å². The molecule has 1 aliphatic heterocycles. The minimum absolute atomic E-state index is 0.143. The van der Waals surface area contributed by atoms with E-state index < -0.39 is 16.1 Å². The van der Waals surface area contributed by atoms with Gasteiger partial charge in [-0.2, -0.15) is 16.1 Å². The van der Waals surface area contributed by atoms with Gasteiger partial charge in [0.15, 0.2) is 0 Å². The Labute approximate surface area is 190 Å². The molecule has 1 fully saturated rings. The summed E-state index contributed by atoms with van der Waals surface area (Å²) in [6.45, 7) is 5.18. The fourth-order valence-electron chi connectivity index (χ4n) is 3.52. The maximum absolute atomic E-state index is 12.9. The van der Waals surface area contributed by atoms with E-state index in [1.807, 2.05) is 13.2 Å². The van der Waals surface area contributed by atoms with Crippen molar-refractivity contribution in [3.05, 3.63) is 29.8 Å². The number of hydrogen-bond acceptors (Lipinski definition) is 5. The van der Waals surface area contributed by atoms with Gasteiger partial charge in [0.2, 0.25) is 21.8 Å². The summed E-state index contributed by atoms with van der Waals surface area (Å²) < 4.78 is 27.2.